The van der Waals surface area contributed by atoms with Gasteiger partial charge in [-0.15, -0.1) is 0 Å². The maximum absolute atomic E-state index is 13.1. The van der Waals surface area contributed by atoms with Crippen LogP contribution in [-0.4, -0.2) is 18.1 Å². The van der Waals surface area contributed by atoms with Gasteiger partial charge in [0.05, 0.1) is 6.20 Å². The van der Waals surface area contributed by atoms with E-state index >= 15 is 0 Å². The van der Waals surface area contributed by atoms with Crippen LogP contribution in [0.3, 0.4) is 0 Å². The molecule has 2 nitrogen and oxygen atoms in total. The lowest BCUT2D eigenvalue weighted by Gasteiger charge is -2.75. The summed E-state index contributed by atoms with van der Waals surface area (Å²) in [6.45, 7) is 2.38. The third-order valence-corrected chi connectivity index (χ3v) is 5.04. The van der Waals surface area contributed by atoms with Gasteiger partial charge in [0.25, 0.3) is 0 Å². The van der Waals surface area contributed by atoms with Crippen LogP contribution >= 0.6 is 0 Å². The van der Waals surface area contributed by atoms with Gasteiger partial charge in [0.1, 0.15) is 5.82 Å². The van der Waals surface area contributed by atoms with E-state index in [-0.39, 0.29) is 5.82 Å². The van der Waals surface area contributed by atoms with Crippen LogP contribution in [0, 0.1) is 17.2 Å². The zero-order chi connectivity index (χ0) is 10.8. The molecule has 4 fully saturated rings. The van der Waals surface area contributed by atoms with E-state index in [2.05, 4.69) is 10.3 Å². The zero-order valence-corrected chi connectivity index (χ0v) is 9.17. The van der Waals surface area contributed by atoms with E-state index in [1.165, 1.54) is 38.5 Å². The van der Waals surface area contributed by atoms with Crippen molar-refractivity contribution in [2.75, 3.05) is 13.1 Å². The minimum Gasteiger partial charge on any atom is -0.316 e. The Kier molecular flexibility index (Phi) is 1.51. The van der Waals surface area contributed by atoms with Crippen LogP contribution in [0.5, 0.6) is 0 Å². The molecule has 0 atom stereocenters. The van der Waals surface area contributed by atoms with Gasteiger partial charge in [-0.25, -0.2) is 4.39 Å². The summed E-state index contributed by atoms with van der Waals surface area (Å²) in [5.74, 6) is 0.692. The fourth-order valence-corrected chi connectivity index (χ4v) is 4.03. The van der Waals surface area contributed by atoms with Crippen LogP contribution in [0.1, 0.15) is 24.8 Å². The molecule has 1 aromatic heterocycles. The van der Waals surface area contributed by atoms with Crippen molar-refractivity contribution in [3.8, 4) is 0 Å². The normalized spacial score (nSPS) is 40.8. The van der Waals surface area contributed by atoms with E-state index in [9.17, 15) is 4.39 Å². The minimum absolute atomic E-state index is 0.193. The summed E-state index contributed by atoms with van der Waals surface area (Å²) in [6.07, 6.45) is 6.93. The largest absolute Gasteiger partial charge is 0.316 e. The highest BCUT2D eigenvalue weighted by Crippen LogP contribution is 2.76. The zero-order valence-electron chi connectivity index (χ0n) is 9.17. The lowest BCUT2D eigenvalue weighted by Crippen LogP contribution is -2.72. The molecule has 1 aromatic rings. The molecule has 1 N–H and O–H groups in total. The topological polar surface area (TPSA) is 24.9 Å². The highest BCUT2D eigenvalue weighted by atomic mass is 19.1. The quantitative estimate of drug-likeness (QED) is 0.819. The Labute approximate surface area is 94.3 Å². The molecule has 0 amide bonds. The van der Waals surface area contributed by atoms with Crippen LogP contribution in [-0.2, 0) is 5.41 Å². The highest BCUT2D eigenvalue weighted by Gasteiger charge is 2.71. The second-order valence-electron chi connectivity index (χ2n) is 5.92. The first-order valence-electron chi connectivity index (χ1n) is 6.04. The minimum atomic E-state index is -0.193. The van der Waals surface area contributed by atoms with Gasteiger partial charge in [-0.1, -0.05) is 0 Å². The monoisotopic (exact) mass is 218 g/mol. The Morgan fingerprint density at radius 1 is 1.25 bits per heavy atom. The number of nitrogens with one attached hydrogen (secondary N) is 1. The van der Waals surface area contributed by atoms with Gasteiger partial charge in [0.15, 0.2) is 0 Å². The number of aromatic nitrogens is 1. The average molecular weight is 218 g/mol. The standard InChI is InChI=1S/C13H15FN2/c14-11-1-9(2-16-5-11)12-6-13(7-12,8-12)10-3-15-4-10/h1-2,5,10,15H,3-4,6-8H2. The van der Waals surface area contributed by atoms with Gasteiger partial charge in [-0.2, -0.15) is 0 Å². The van der Waals surface area contributed by atoms with Gasteiger partial charge in [0.2, 0.25) is 0 Å². The maximum Gasteiger partial charge on any atom is 0.141 e. The molecule has 1 aliphatic heterocycles. The van der Waals surface area contributed by atoms with E-state index in [1.807, 2.05) is 6.20 Å². The molecule has 3 heteroatoms. The first kappa shape index (κ1) is 9.11. The Hall–Kier alpha value is -0.960. The molecule has 3 aliphatic carbocycles. The second kappa shape index (κ2) is 2.65. The second-order valence-corrected chi connectivity index (χ2v) is 5.92. The smallest absolute Gasteiger partial charge is 0.141 e. The number of hydrogen-bond donors (Lipinski definition) is 1. The number of pyridine rings is 1. The molecule has 84 valence electrons. The molecule has 2 bridgehead atoms. The maximum atomic E-state index is 13.1. The molecule has 16 heavy (non-hydrogen) atoms. The molecular formula is C13H15FN2. The summed E-state index contributed by atoms with van der Waals surface area (Å²) in [5.41, 5.74) is 2.03. The lowest BCUT2D eigenvalue weighted by molar-refractivity contribution is -0.191. The molecule has 5 rings (SSSR count). The van der Waals surface area contributed by atoms with Crippen molar-refractivity contribution in [1.82, 2.24) is 10.3 Å². The molecule has 2 heterocycles. The van der Waals surface area contributed by atoms with Crippen molar-refractivity contribution in [2.24, 2.45) is 11.3 Å². The van der Waals surface area contributed by atoms with Crippen LogP contribution < -0.4 is 5.32 Å². The van der Waals surface area contributed by atoms with Crippen LogP contribution in [0.25, 0.3) is 0 Å². The predicted molar refractivity (Wildman–Crippen MR) is 58.5 cm³/mol. The van der Waals surface area contributed by atoms with Crippen molar-refractivity contribution in [1.29, 1.82) is 0 Å². The van der Waals surface area contributed by atoms with E-state index in [0.29, 0.717) is 10.8 Å². The first-order valence-corrected chi connectivity index (χ1v) is 6.04. The molecular weight excluding hydrogens is 203 g/mol. The van der Waals surface area contributed by atoms with Crippen molar-refractivity contribution < 1.29 is 4.39 Å². The molecule has 0 aromatic carbocycles. The summed E-state index contributed by atoms with van der Waals surface area (Å²) < 4.78 is 13.1. The molecule has 1 saturated heterocycles. The molecule has 0 unspecified atom stereocenters. The summed E-state index contributed by atoms with van der Waals surface area (Å²) in [5, 5.41) is 3.35. The average Bonchev–Trinajstić information content (AvgIpc) is 2.05. The fraction of sp³-hybridized carbons (Fsp3) is 0.615. The van der Waals surface area contributed by atoms with E-state index in [1.54, 1.807) is 6.07 Å². The summed E-state index contributed by atoms with van der Waals surface area (Å²) in [7, 11) is 0. The van der Waals surface area contributed by atoms with Gasteiger partial charge in [-0.05, 0) is 60.7 Å². The number of halogens is 1. The number of nitrogens with zero attached hydrogens (tertiary/aromatic N) is 1. The molecule has 4 aliphatic rings. The highest BCUT2D eigenvalue weighted by molar-refractivity contribution is 5.38. The predicted octanol–water partition coefficient (Wildman–Crippen LogP) is 1.86. The summed E-state index contributed by atoms with van der Waals surface area (Å²) >= 11 is 0. The van der Waals surface area contributed by atoms with Gasteiger partial charge < -0.3 is 5.32 Å². The Morgan fingerprint density at radius 3 is 2.56 bits per heavy atom. The van der Waals surface area contributed by atoms with Crippen molar-refractivity contribution in [2.45, 2.75) is 24.7 Å². The Bertz CT molecular complexity index is 433. The van der Waals surface area contributed by atoms with E-state index in [0.717, 1.165) is 11.5 Å². The molecule has 0 spiro atoms. The SMILES string of the molecule is Fc1cncc(C23CC(C4CNC4)(C2)C3)c1. The van der Waals surface area contributed by atoms with Crippen molar-refractivity contribution in [3.05, 3.63) is 29.8 Å². The van der Waals surface area contributed by atoms with Crippen molar-refractivity contribution >= 4 is 0 Å². The Balaban J connectivity index is 1.56. The number of hydrogen-bond acceptors (Lipinski definition) is 2. The van der Waals surface area contributed by atoms with Crippen molar-refractivity contribution in [3.63, 3.8) is 0 Å². The first-order chi connectivity index (χ1) is 7.73. The summed E-state index contributed by atoms with van der Waals surface area (Å²) in [4.78, 5) is 3.97. The summed E-state index contributed by atoms with van der Waals surface area (Å²) in [6, 6.07) is 1.68. The third kappa shape index (κ3) is 0.932. The van der Waals surface area contributed by atoms with Crippen LogP contribution in [0.2, 0.25) is 0 Å². The van der Waals surface area contributed by atoms with Gasteiger partial charge in [-0.3, -0.25) is 4.98 Å². The molecule has 0 radical (unpaired) electrons. The number of rotatable bonds is 2. The van der Waals surface area contributed by atoms with Crippen LogP contribution in [0.15, 0.2) is 18.5 Å². The Morgan fingerprint density at radius 2 is 2.00 bits per heavy atom. The molecule has 3 saturated carbocycles. The van der Waals surface area contributed by atoms with Gasteiger partial charge in [0, 0.05) is 6.20 Å². The van der Waals surface area contributed by atoms with E-state index in [4.69, 9.17) is 0 Å². The van der Waals surface area contributed by atoms with Gasteiger partial charge >= 0.3 is 0 Å². The van der Waals surface area contributed by atoms with Crippen LogP contribution in [0.4, 0.5) is 4.39 Å². The lowest BCUT2D eigenvalue weighted by atomic mass is 9.30. The fourth-order valence-electron chi connectivity index (χ4n) is 4.03. The third-order valence-electron chi connectivity index (χ3n) is 5.04. The van der Waals surface area contributed by atoms with E-state index < -0.39 is 0 Å².